The number of hydrogen-bond acceptors (Lipinski definition) is 7. The van der Waals surface area contributed by atoms with E-state index >= 15 is 0 Å². The summed E-state index contributed by atoms with van der Waals surface area (Å²) < 4.78 is 34.1. The topological polar surface area (TPSA) is 150 Å². The molecule has 11 heteroatoms. The van der Waals surface area contributed by atoms with Crippen molar-refractivity contribution in [3.8, 4) is 5.75 Å². The smallest absolute Gasteiger partial charge is 0.349 e. The van der Waals surface area contributed by atoms with E-state index in [4.69, 9.17) is 9.29 Å². The van der Waals surface area contributed by atoms with Crippen molar-refractivity contribution in [1.82, 2.24) is 0 Å². The molecule has 0 aliphatic carbocycles. The van der Waals surface area contributed by atoms with Gasteiger partial charge in [0.1, 0.15) is 18.1 Å². The molecule has 0 fully saturated rings. The lowest BCUT2D eigenvalue weighted by atomic mass is 10.2. The predicted molar refractivity (Wildman–Crippen MR) is 61.7 cm³/mol. The highest BCUT2D eigenvalue weighted by Crippen LogP contribution is 2.30. The maximum atomic E-state index is 10.6. The summed E-state index contributed by atoms with van der Waals surface area (Å²) in [4.78, 5) is 19.3. The van der Waals surface area contributed by atoms with Gasteiger partial charge in [0.2, 0.25) is 0 Å². The Morgan fingerprint density at radius 1 is 1.16 bits per heavy atom. The minimum atomic E-state index is -4.21. The number of hydrogen-bond donors (Lipinski definition) is 1. The fraction of sp³-hybridized carbons (Fsp3) is 0.250. The zero-order chi connectivity index (χ0) is 14.6. The molecule has 0 saturated heterocycles. The molecule has 0 unspecified atom stereocenters. The standard InChI is InChI=1S/C8H8N2O8S/c11-9(12)7-2-1-6(5-8(7)10(13)14)18-3-4-19(15,16)17/h1-2,5H,3-4H2,(H,15,16,17). The van der Waals surface area contributed by atoms with E-state index in [0.717, 1.165) is 18.2 Å². The fourth-order valence-corrected chi connectivity index (χ4v) is 1.45. The molecule has 19 heavy (non-hydrogen) atoms. The second-order valence-corrected chi connectivity index (χ2v) is 4.87. The van der Waals surface area contributed by atoms with Crippen LogP contribution in [-0.4, -0.2) is 35.2 Å². The Morgan fingerprint density at radius 2 is 1.74 bits per heavy atom. The van der Waals surface area contributed by atoms with Crippen molar-refractivity contribution in [2.24, 2.45) is 0 Å². The van der Waals surface area contributed by atoms with E-state index < -0.39 is 43.7 Å². The van der Waals surface area contributed by atoms with Gasteiger partial charge in [-0.15, -0.1) is 0 Å². The first-order valence-electron chi connectivity index (χ1n) is 4.71. The summed E-state index contributed by atoms with van der Waals surface area (Å²) in [5.41, 5.74) is -1.47. The Labute approximate surface area is 106 Å². The number of nitrogens with zero attached hydrogens (tertiary/aromatic N) is 2. The highest BCUT2D eigenvalue weighted by atomic mass is 32.2. The normalized spacial score (nSPS) is 11.0. The molecule has 0 bridgehead atoms. The SMILES string of the molecule is O=[N+]([O-])c1ccc(OCCS(=O)(=O)O)cc1[N+](=O)[O-]. The molecule has 1 aromatic carbocycles. The third kappa shape index (κ3) is 4.48. The minimum Gasteiger partial charge on any atom is -0.492 e. The van der Waals surface area contributed by atoms with Gasteiger partial charge in [-0.25, -0.2) is 0 Å². The van der Waals surface area contributed by atoms with Crippen LogP contribution in [-0.2, 0) is 10.1 Å². The van der Waals surface area contributed by atoms with E-state index in [9.17, 15) is 28.6 Å². The van der Waals surface area contributed by atoms with Gasteiger partial charge in [-0.05, 0) is 6.07 Å². The highest BCUT2D eigenvalue weighted by molar-refractivity contribution is 7.85. The van der Waals surface area contributed by atoms with E-state index in [-0.39, 0.29) is 5.75 Å². The maximum absolute atomic E-state index is 10.6. The van der Waals surface area contributed by atoms with Crippen molar-refractivity contribution in [2.75, 3.05) is 12.4 Å². The van der Waals surface area contributed by atoms with Crippen LogP contribution in [0.2, 0.25) is 0 Å². The molecule has 0 aromatic heterocycles. The van der Waals surface area contributed by atoms with Gasteiger partial charge in [0, 0.05) is 6.07 Å². The van der Waals surface area contributed by atoms with Gasteiger partial charge in [-0.2, -0.15) is 8.42 Å². The Morgan fingerprint density at radius 3 is 2.21 bits per heavy atom. The molecule has 0 radical (unpaired) electrons. The summed E-state index contributed by atoms with van der Waals surface area (Å²) >= 11 is 0. The van der Waals surface area contributed by atoms with E-state index in [2.05, 4.69) is 0 Å². The molecule has 0 aliphatic rings. The highest BCUT2D eigenvalue weighted by Gasteiger charge is 2.24. The molecule has 0 amide bonds. The van der Waals surface area contributed by atoms with Crippen molar-refractivity contribution < 1.29 is 27.6 Å². The molecular formula is C8H8N2O8S. The minimum absolute atomic E-state index is 0.110. The van der Waals surface area contributed by atoms with Crippen LogP contribution in [0.4, 0.5) is 11.4 Å². The van der Waals surface area contributed by atoms with Gasteiger partial charge in [-0.3, -0.25) is 24.8 Å². The molecule has 10 nitrogen and oxygen atoms in total. The number of nitro groups is 2. The summed E-state index contributed by atoms with van der Waals surface area (Å²) in [5, 5.41) is 21.2. The van der Waals surface area contributed by atoms with Crippen LogP contribution < -0.4 is 4.74 Å². The van der Waals surface area contributed by atoms with Crippen LogP contribution in [0.5, 0.6) is 5.75 Å². The molecule has 1 N–H and O–H groups in total. The van der Waals surface area contributed by atoms with Gasteiger partial charge in [0.15, 0.2) is 0 Å². The lowest BCUT2D eigenvalue weighted by Crippen LogP contribution is -2.12. The number of nitro benzene ring substituents is 2. The summed E-state index contributed by atoms with van der Waals surface area (Å²) in [6.07, 6.45) is 0. The van der Waals surface area contributed by atoms with Crippen LogP contribution in [0.1, 0.15) is 0 Å². The first kappa shape index (κ1) is 14.8. The quantitative estimate of drug-likeness (QED) is 0.458. The van der Waals surface area contributed by atoms with E-state index in [1.807, 2.05) is 0 Å². The summed E-state index contributed by atoms with van der Waals surface area (Å²) in [5.74, 6) is -0.807. The molecule has 104 valence electrons. The molecule has 1 aromatic rings. The average Bonchev–Trinajstić information content (AvgIpc) is 2.26. The van der Waals surface area contributed by atoms with Crippen molar-refractivity contribution >= 4 is 21.5 Å². The second-order valence-electron chi connectivity index (χ2n) is 3.30. The molecule has 0 spiro atoms. The third-order valence-electron chi connectivity index (χ3n) is 1.95. The van der Waals surface area contributed by atoms with E-state index in [1.54, 1.807) is 0 Å². The van der Waals surface area contributed by atoms with Crippen molar-refractivity contribution in [3.63, 3.8) is 0 Å². The summed E-state index contributed by atoms with van der Waals surface area (Å²) in [7, 11) is -4.21. The van der Waals surface area contributed by atoms with Crippen LogP contribution in [0, 0.1) is 20.2 Å². The van der Waals surface area contributed by atoms with Crippen molar-refractivity contribution in [1.29, 1.82) is 0 Å². The Balaban J connectivity index is 2.90. The lowest BCUT2D eigenvalue weighted by molar-refractivity contribution is -0.422. The molecule has 0 aliphatic heterocycles. The molecule has 1 rings (SSSR count). The summed E-state index contributed by atoms with van der Waals surface area (Å²) in [6.45, 7) is -0.437. The number of ether oxygens (including phenoxy) is 1. The predicted octanol–water partition coefficient (Wildman–Crippen LogP) is 0.770. The van der Waals surface area contributed by atoms with Crippen molar-refractivity contribution in [3.05, 3.63) is 38.4 Å². The van der Waals surface area contributed by atoms with E-state index in [0.29, 0.717) is 0 Å². The molecule has 0 saturated carbocycles. The number of rotatable bonds is 6. The van der Waals surface area contributed by atoms with Gasteiger partial charge in [0.05, 0.1) is 15.9 Å². The molecular weight excluding hydrogens is 284 g/mol. The summed E-state index contributed by atoms with van der Waals surface area (Å²) in [6, 6.07) is 2.78. The average molecular weight is 292 g/mol. The molecule has 0 heterocycles. The first-order valence-corrected chi connectivity index (χ1v) is 6.32. The van der Waals surface area contributed by atoms with Gasteiger partial charge in [0.25, 0.3) is 10.1 Å². The monoisotopic (exact) mass is 292 g/mol. The van der Waals surface area contributed by atoms with Crippen LogP contribution >= 0.6 is 0 Å². The van der Waals surface area contributed by atoms with Crippen LogP contribution in [0.15, 0.2) is 18.2 Å². The number of benzene rings is 1. The second kappa shape index (κ2) is 5.58. The molecule has 0 atom stereocenters. The zero-order valence-electron chi connectivity index (χ0n) is 9.25. The third-order valence-corrected chi connectivity index (χ3v) is 2.63. The van der Waals surface area contributed by atoms with Crippen LogP contribution in [0.3, 0.4) is 0 Å². The zero-order valence-corrected chi connectivity index (χ0v) is 10.1. The van der Waals surface area contributed by atoms with Crippen LogP contribution in [0.25, 0.3) is 0 Å². The van der Waals surface area contributed by atoms with Gasteiger partial charge < -0.3 is 4.74 Å². The lowest BCUT2D eigenvalue weighted by Gasteiger charge is -2.04. The Kier molecular flexibility index (Phi) is 4.34. The Hall–Kier alpha value is -2.27. The van der Waals surface area contributed by atoms with Crippen molar-refractivity contribution in [2.45, 2.75) is 0 Å². The first-order chi connectivity index (χ1) is 8.70. The largest absolute Gasteiger partial charge is 0.492 e. The fourth-order valence-electron chi connectivity index (χ4n) is 1.16. The van der Waals surface area contributed by atoms with Gasteiger partial charge >= 0.3 is 11.4 Å². The van der Waals surface area contributed by atoms with E-state index in [1.165, 1.54) is 0 Å². The van der Waals surface area contributed by atoms with Gasteiger partial charge in [-0.1, -0.05) is 0 Å². The Bertz CT molecular complexity index is 611. The maximum Gasteiger partial charge on any atom is 0.349 e.